The Balaban J connectivity index is 1.17. The molecule has 0 bridgehead atoms. The Hall–Kier alpha value is -2.41. The van der Waals surface area contributed by atoms with Gasteiger partial charge in [-0.15, -0.1) is 0 Å². The van der Waals surface area contributed by atoms with Crippen LogP contribution in [0.5, 0.6) is 5.75 Å². The van der Waals surface area contributed by atoms with Gasteiger partial charge in [0.25, 0.3) is 0 Å². The molecule has 9 nitrogen and oxygen atoms in total. The number of piperidine rings is 2. The van der Waals surface area contributed by atoms with Crippen LogP contribution in [0.4, 0.5) is 5.69 Å². The highest BCUT2D eigenvalue weighted by Gasteiger charge is 2.34. The molecule has 1 aromatic heterocycles. The summed E-state index contributed by atoms with van der Waals surface area (Å²) in [5.41, 5.74) is 1.06. The number of fused-ring (bicyclic) bond motifs is 1. The van der Waals surface area contributed by atoms with Crippen LogP contribution < -0.4 is 9.64 Å². The lowest BCUT2D eigenvalue weighted by Crippen LogP contribution is -2.55. The molecule has 3 fully saturated rings. The SMILES string of the molecule is CCCCN1CCN(C2CCN(C3CCN(c4c(S(=O)(=O)c5ccc(OC(C)(C)CC(C)(C)C)cc5)cnc5ccc([S+](C)[O-])cc45)CC3)CC2)CC1. The predicted octanol–water partition coefficient (Wildman–Crippen LogP) is 7.25. The number of aromatic nitrogens is 1. The third-order valence-electron chi connectivity index (χ3n) is 11.4. The Bertz CT molecular complexity index is 1770. The summed E-state index contributed by atoms with van der Waals surface area (Å²) in [4.78, 5) is 16.0. The number of likely N-dealkylation sites (tertiary alicyclic amines) is 1. The van der Waals surface area contributed by atoms with E-state index in [9.17, 15) is 13.0 Å². The van der Waals surface area contributed by atoms with E-state index in [0.717, 1.165) is 50.8 Å². The van der Waals surface area contributed by atoms with Gasteiger partial charge in [0, 0.05) is 69.0 Å². The summed E-state index contributed by atoms with van der Waals surface area (Å²) < 4.78 is 47.9. The quantitative estimate of drug-likeness (QED) is 0.177. The second-order valence-corrected chi connectivity index (χ2v) is 20.7. The Kier molecular flexibility index (Phi) is 12.7. The van der Waals surface area contributed by atoms with Crippen LogP contribution in [0, 0.1) is 5.41 Å². The average molecular weight is 766 g/mol. The van der Waals surface area contributed by atoms with Gasteiger partial charge in [-0.3, -0.25) is 9.88 Å². The molecule has 0 saturated carbocycles. The number of nitrogens with zero attached hydrogens (tertiary/aromatic N) is 5. The number of benzene rings is 2. The van der Waals surface area contributed by atoms with Crippen LogP contribution in [0.15, 0.2) is 63.3 Å². The summed E-state index contributed by atoms with van der Waals surface area (Å²) in [6.07, 6.45) is 11.0. The molecule has 1 unspecified atom stereocenters. The molecule has 3 aliphatic rings. The van der Waals surface area contributed by atoms with Gasteiger partial charge in [0.15, 0.2) is 4.90 Å². The van der Waals surface area contributed by atoms with Crippen molar-refractivity contribution in [3.63, 3.8) is 0 Å². The molecule has 11 heteroatoms. The number of sulfone groups is 1. The van der Waals surface area contributed by atoms with Gasteiger partial charge < -0.3 is 24.0 Å². The van der Waals surface area contributed by atoms with Crippen molar-refractivity contribution in [3.05, 3.63) is 48.7 Å². The third-order valence-corrected chi connectivity index (χ3v) is 14.1. The van der Waals surface area contributed by atoms with E-state index in [-0.39, 0.29) is 15.2 Å². The molecule has 1 atom stereocenters. The lowest BCUT2D eigenvalue weighted by atomic mass is 9.83. The number of rotatable bonds is 12. The standard InChI is InChI=1S/C42H63N5O4S2/c1-8-9-20-44-25-27-46(28-26-44)33-16-21-45(22-17-33)32-18-23-47(24-19-32)40-37-29-35(52(7)48)12-15-38(37)43-30-39(40)53(49,50)36-13-10-34(11-14-36)51-42(5,6)31-41(2,3)4/h10-15,29-30,32-33H,8-9,16-28,31H2,1-7H3. The lowest BCUT2D eigenvalue weighted by Gasteiger charge is -2.46. The molecule has 53 heavy (non-hydrogen) atoms. The molecule has 3 aliphatic heterocycles. The van der Waals surface area contributed by atoms with Crippen molar-refractivity contribution in [2.45, 2.75) is 119 Å². The van der Waals surface area contributed by atoms with Gasteiger partial charge in [-0.05, 0) is 125 Å². The van der Waals surface area contributed by atoms with Crippen LogP contribution in [0.1, 0.15) is 86.5 Å². The van der Waals surface area contributed by atoms with Crippen molar-refractivity contribution in [1.29, 1.82) is 0 Å². The molecule has 0 spiro atoms. The third kappa shape index (κ3) is 9.89. The van der Waals surface area contributed by atoms with Crippen molar-refractivity contribution >= 4 is 37.6 Å². The normalized spacial score (nSPS) is 20.3. The van der Waals surface area contributed by atoms with Crippen molar-refractivity contribution < 1.29 is 17.7 Å². The predicted molar refractivity (Wildman–Crippen MR) is 217 cm³/mol. The maximum absolute atomic E-state index is 14.5. The summed E-state index contributed by atoms with van der Waals surface area (Å²) in [6, 6.07) is 13.5. The van der Waals surface area contributed by atoms with Crippen LogP contribution >= 0.6 is 0 Å². The number of piperazine rings is 1. The number of anilines is 1. The monoisotopic (exact) mass is 765 g/mol. The molecular formula is C42H63N5O4S2. The van der Waals surface area contributed by atoms with Crippen LogP contribution in [-0.2, 0) is 21.0 Å². The fourth-order valence-corrected chi connectivity index (χ4v) is 11.1. The zero-order valence-electron chi connectivity index (χ0n) is 33.3. The average Bonchev–Trinajstić information content (AvgIpc) is 3.12. The largest absolute Gasteiger partial charge is 0.612 e. The molecule has 3 saturated heterocycles. The summed E-state index contributed by atoms with van der Waals surface area (Å²) in [5, 5.41) is 0.733. The van der Waals surface area contributed by atoms with Gasteiger partial charge in [0.05, 0.1) is 16.1 Å². The van der Waals surface area contributed by atoms with E-state index in [1.165, 1.54) is 64.6 Å². The topological polar surface area (TPSA) is 92.3 Å². The molecule has 0 amide bonds. The van der Waals surface area contributed by atoms with Crippen LogP contribution in [0.2, 0.25) is 0 Å². The lowest BCUT2D eigenvalue weighted by molar-refractivity contribution is 0.0434. The van der Waals surface area contributed by atoms with E-state index in [1.54, 1.807) is 30.5 Å². The minimum absolute atomic E-state index is 0.0888. The van der Waals surface area contributed by atoms with E-state index in [0.29, 0.717) is 33.9 Å². The first kappa shape index (κ1) is 40.3. The van der Waals surface area contributed by atoms with Crippen LogP contribution in [-0.4, -0.2) is 115 Å². The van der Waals surface area contributed by atoms with Crippen molar-refractivity contribution in [2.24, 2.45) is 5.41 Å². The number of unbranched alkanes of at least 4 members (excludes halogenated alkanes) is 1. The first-order valence-corrected chi connectivity index (χ1v) is 22.9. The first-order valence-electron chi connectivity index (χ1n) is 19.9. The molecular weight excluding hydrogens is 703 g/mol. The minimum atomic E-state index is -3.95. The highest BCUT2D eigenvalue weighted by molar-refractivity contribution is 7.91. The number of pyridine rings is 1. The molecule has 0 aliphatic carbocycles. The zero-order chi connectivity index (χ0) is 38.0. The maximum Gasteiger partial charge on any atom is 0.210 e. The number of ether oxygens (including phenoxy) is 1. The van der Waals surface area contributed by atoms with Crippen LogP contribution in [0.25, 0.3) is 10.9 Å². The highest BCUT2D eigenvalue weighted by atomic mass is 32.2. The summed E-state index contributed by atoms with van der Waals surface area (Å²) in [5.74, 6) is 0.640. The number of hydrogen-bond donors (Lipinski definition) is 0. The van der Waals surface area contributed by atoms with Gasteiger partial charge in [-0.2, -0.15) is 0 Å². The van der Waals surface area contributed by atoms with Gasteiger partial charge in [-0.25, -0.2) is 8.42 Å². The van der Waals surface area contributed by atoms with E-state index < -0.39 is 26.6 Å². The fraction of sp³-hybridized carbons (Fsp3) is 0.643. The van der Waals surface area contributed by atoms with E-state index in [1.807, 2.05) is 18.2 Å². The Morgan fingerprint density at radius 1 is 0.849 bits per heavy atom. The van der Waals surface area contributed by atoms with Crippen molar-refractivity contribution in [1.82, 2.24) is 19.7 Å². The second-order valence-electron chi connectivity index (χ2n) is 17.4. The summed E-state index contributed by atoms with van der Waals surface area (Å²) >= 11 is -1.22. The van der Waals surface area contributed by atoms with Crippen molar-refractivity contribution in [2.75, 3.05) is 70.1 Å². The smallest absolute Gasteiger partial charge is 0.210 e. The van der Waals surface area contributed by atoms with Gasteiger partial charge in [0.2, 0.25) is 9.84 Å². The highest BCUT2D eigenvalue weighted by Crippen LogP contribution is 2.39. The van der Waals surface area contributed by atoms with Gasteiger partial charge >= 0.3 is 0 Å². The second kappa shape index (κ2) is 16.8. The molecule has 4 heterocycles. The van der Waals surface area contributed by atoms with E-state index in [2.05, 4.69) is 66.1 Å². The molecule has 2 aromatic carbocycles. The Morgan fingerprint density at radius 2 is 1.45 bits per heavy atom. The molecule has 0 radical (unpaired) electrons. The summed E-state index contributed by atoms with van der Waals surface area (Å²) in [7, 11) is -3.95. The molecule has 6 rings (SSSR count). The Labute approximate surface area is 322 Å². The molecule has 0 N–H and O–H groups in total. The van der Waals surface area contributed by atoms with Gasteiger partial charge in [0.1, 0.15) is 22.5 Å². The Morgan fingerprint density at radius 3 is 2.04 bits per heavy atom. The van der Waals surface area contributed by atoms with Crippen LogP contribution in [0.3, 0.4) is 0 Å². The zero-order valence-corrected chi connectivity index (χ0v) is 34.9. The molecule has 292 valence electrons. The van der Waals surface area contributed by atoms with Gasteiger partial charge in [-0.1, -0.05) is 34.1 Å². The first-order chi connectivity index (χ1) is 25.1. The molecule has 3 aromatic rings. The van der Waals surface area contributed by atoms with Crippen molar-refractivity contribution in [3.8, 4) is 5.75 Å². The number of hydrogen-bond acceptors (Lipinski definition) is 9. The van der Waals surface area contributed by atoms with E-state index in [4.69, 9.17) is 4.74 Å². The summed E-state index contributed by atoms with van der Waals surface area (Å²) in [6.45, 7) is 22.7. The maximum atomic E-state index is 14.5. The fourth-order valence-electron chi connectivity index (χ4n) is 9.09. The van der Waals surface area contributed by atoms with E-state index >= 15 is 0 Å². The minimum Gasteiger partial charge on any atom is -0.612 e.